The lowest BCUT2D eigenvalue weighted by molar-refractivity contribution is 0.0783. The van der Waals surface area contributed by atoms with Crippen molar-refractivity contribution in [3.05, 3.63) is 23.7 Å². The van der Waals surface area contributed by atoms with E-state index >= 15 is 0 Å². The van der Waals surface area contributed by atoms with Gasteiger partial charge in [-0.1, -0.05) is 11.8 Å². The van der Waals surface area contributed by atoms with E-state index in [2.05, 4.69) is 5.32 Å². The molecule has 0 saturated heterocycles. The van der Waals surface area contributed by atoms with Gasteiger partial charge in [0.15, 0.2) is 5.76 Å². The van der Waals surface area contributed by atoms with Gasteiger partial charge in [-0.05, 0) is 12.1 Å². The maximum absolute atomic E-state index is 11.9. The van der Waals surface area contributed by atoms with Crippen LogP contribution in [0.25, 0.3) is 0 Å². The Morgan fingerprint density at radius 1 is 1.50 bits per heavy atom. The molecule has 18 heavy (non-hydrogen) atoms. The zero-order valence-corrected chi connectivity index (χ0v) is 10.1. The maximum Gasteiger partial charge on any atom is 0.287 e. The average molecular weight is 281 g/mol. The SMILES string of the molecule is O=C(NCC(O)CO)c1ccc(CSC(F)F)o1. The fourth-order valence-corrected chi connectivity index (χ4v) is 1.53. The van der Waals surface area contributed by atoms with Gasteiger partial charge < -0.3 is 19.9 Å². The minimum atomic E-state index is -2.49. The molecular formula is C10H13F2NO4S. The first-order valence-corrected chi connectivity index (χ1v) is 6.13. The molecule has 0 radical (unpaired) electrons. The third-order valence-corrected chi connectivity index (χ3v) is 2.65. The third kappa shape index (κ3) is 5.03. The monoisotopic (exact) mass is 281 g/mol. The van der Waals surface area contributed by atoms with Gasteiger partial charge in [0.1, 0.15) is 5.76 Å². The summed E-state index contributed by atoms with van der Waals surface area (Å²) in [5, 5.41) is 19.9. The number of carbonyl (C=O) groups is 1. The molecule has 0 aliphatic heterocycles. The maximum atomic E-state index is 11.9. The number of carbonyl (C=O) groups excluding carboxylic acids is 1. The highest BCUT2D eigenvalue weighted by atomic mass is 32.2. The van der Waals surface area contributed by atoms with Gasteiger partial charge in [0, 0.05) is 6.54 Å². The number of aliphatic hydroxyl groups excluding tert-OH is 2. The molecule has 1 atom stereocenters. The van der Waals surface area contributed by atoms with Crippen LogP contribution in [0.15, 0.2) is 16.5 Å². The van der Waals surface area contributed by atoms with Gasteiger partial charge in [0.2, 0.25) is 0 Å². The Hall–Kier alpha value is -1.12. The number of aliphatic hydroxyl groups is 2. The van der Waals surface area contributed by atoms with Crippen molar-refractivity contribution < 1.29 is 28.2 Å². The van der Waals surface area contributed by atoms with E-state index in [4.69, 9.17) is 14.6 Å². The Kier molecular flexibility index (Phi) is 6.10. The van der Waals surface area contributed by atoms with Crippen molar-refractivity contribution in [2.45, 2.75) is 17.6 Å². The second-order valence-corrected chi connectivity index (χ2v) is 4.36. The van der Waals surface area contributed by atoms with Crippen molar-refractivity contribution in [2.75, 3.05) is 13.2 Å². The fourth-order valence-electron chi connectivity index (χ4n) is 1.08. The second kappa shape index (κ2) is 7.34. The van der Waals surface area contributed by atoms with E-state index in [9.17, 15) is 13.6 Å². The molecule has 0 spiro atoms. The summed E-state index contributed by atoms with van der Waals surface area (Å²) in [5.41, 5.74) is 0. The van der Waals surface area contributed by atoms with Crippen molar-refractivity contribution in [1.29, 1.82) is 0 Å². The molecule has 1 aromatic heterocycles. The highest BCUT2D eigenvalue weighted by molar-refractivity contribution is 7.98. The summed E-state index contributed by atoms with van der Waals surface area (Å²) in [5.74, 6) is -2.84. The number of halogens is 2. The summed E-state index contributed by atoms with van der Waals surface area (Å²) in [6, 6.07) is 2.80. The summed E-state index contributed by atoms with van der Waals surface area (Å²) in [7, 11) is 0. The Morgan fingerprint density at radius 3 is 2.83 bits per heavy atom. The van der Waals surface area contributed by atoms with Crippen LogP contribution in [0.4, 0.5) is 8.78 Å². The van der Waals surface area contributed by atoms with E-state index in [-0.39, 0.29) is 23.8 Å². The van der Waals surface area contributed by atoms with E-state index in [1.165, 1.54) is 12.1 Å². The number of thioether (sulfide) groups is 1. The Balaban J connectivity index is 2.44. The van der Waals surface area contributed by atoms with Crippen molar-refractivity contribution in [2.24, 2.45) is 0 Å². The molecule has 0 aromatic carbocycles. The summed E-state index contributed by atoms with van der Waals surface area (Å²) >= 11 is 0.399. The second-order valence-electron chi connectivity index (χ2n) is 3.38. The molecule has 1 rings (SSSR count). The molecule has 102 valence electrons. The molecule has 8 heteroatoms. The number of alkyl halides is 2. The molecule has 5 nitrogen and oxygen atoms in total. The minimum Gasteiger partial charge on any atom is -0.455 e. The quantitative estimate of drug-likeness (QED) is 0.689. The van der Waals surface area contributed by atoms with E-state index in [0.717, 1.165) is 0 Å². The highest BCUT2D eigenvalue weighted by Gasteiger charge is 2.13. The van der Waals surface area contributed by atoms with Crippen LogP contribution in [0.3, 0.4) is 0 Å². The number of amides is 1. The van der Waals surface area contributed by atoms with Crippen LogP contribution < -0.4 is 5.32 Å². The molecule has 0 saturated carbocycles. The van der Waals surface area contributed by atoms with Crippen LogP contribution in [0.1, 0.15) is 16.3 Å². The summed E-state index contributed by atoms with van der Waals surface area (Å²) in [6.45, 7) is -0.578. The van der Waals surface area contributed by atoms with Gasteiger partial charge in [-0.2, -0.15) is 8.78 Å². The molecule has 1 unspecified atom stereocenters. The van der Waals surface area contributed by atoms with Crippen LogP contribution in [-0.2, 0) is 5.75 Å². The number of rotatable bonds is 7. The zero-order chi connectivity index (χ0) is 13.5. The Bertz CT molecular complexity index is 386. The number of nitrogens with one attached hydrogen (secondary N) is 1. The van der Waals surface area contributed by atoms with Crippen molar-refractivity contribution in [3.8, 4) is 0 Å². The van der Waals surface area contributed by atoms with Gasteiger partial charge in [-0.25, -0.2) is 0 Å². The summed E-state index contributed by atoms with van der Waals surface area (Å²) in [4.78, 5) is 11.5. The molecule has 0 fully saturated rings. The molecule has 1 aromatic rings. The van der Waals surface area contributed by atoms with Gasteiger partial charge in [0.25, 0.3) is 11.7 Å². The normalized spacial score (nSPS) is 12.7. The predicted octanol–water partition coefficient (Wildman–Crippen LogP) is 0.818. The molecule has 3 N–H and O–H groups in total. The topological polar surface area (TPSA) is 82.7 Å². The molecule has 0 bridgehead atoms. The van der Waals surface area contributed by atoms with Gasteiger partial charge in [-0.15, -0.1) is 0 Å². The van der Waals surface area contributed by atoms with Crippen LogP contribution in [0.5, 0.6) is 0 Å². The van der Waals surface area contributed by atoms with E-state index in [1.54, 1.807) is 0 Å². The van der Waals surface area contributed by atoms with Gasteiger partial charge >= 0.3 is 0 Å². The molecule has 1 amide bonds. The first-order chi connectivity index (χ1) is 8.52. The third-order valence-electron chi connectivity index (χ3n) is 1.95. The Labute approximate surface area is 106 Å². The van der Waals surface area contributed by atoms with Crippen LogP contribution >= 0.6 is 11.8 Å². The average Bonchev–Trinajstić information content (AvgIpc) is 2.81. The first kappa shape index (κ1) is 14.9. The number of hydrogen-bond donors (Lipinski definition) is 3. The van der Waals surface area contributed by atoms with Gasteiger partial charge in [-0.3, -0.25) is 4.79 Å². The lowest BCUT2D eigenvalue weighted by Crippen LogP contribution is -2.33. The number of furan rings is 1. The van der Waals surface area contributed by atoms with Gasteiger partial charge in [0.05, 0.1) is 18.5 Å². The van der Waals surface area contributed by atoms with E-state index in [1.807, 2.05) is 0 Å². The van der Waals surface area contributed by atoms with Crippen LogP contribution in [0.2, 0.25) is 0 Å². The molecule has 1 heterocycles. The van der Waals surface area contributed by atoms with Crippen molar-refractivity contribution >= 4 is 17.7 Å². The first-order valence-electron chi connectivity index (χ1n) is 5.08. The predicted molar refractivity (Wildman–Crippen MR) is 61.4 cm³/mol. The standard InChI is InChI=1S/C10H13F2NO4S/c11-10(12)18-5-7-1-2-8(17-7)9(16)13-3-6(15)4-14/h1-2,6,10,14-15H,3-5H2,(H,13,16). The van der Waals surface area contributed by atoms with E-state index in [0.29, 0.717) is 11.8 Å². The van der Waals surface area contributed by atoms with Crippen molar-refractivity contribution in [1.82, 2.24) is 5.32 Å². The molecular weight excluding hydrogens is 268 g/mol. The minimum absolute atomic E-state index is 0.0231. The highest BCUT2D eigenvalue weighted by Crippen LogP contribution is 2.21. The fraction of sp³-hybridized carbons (Fsp3) is 0.500. The zero-order valence-electron chi connectivity index (χ0n) is 9.31. The largest absolute Gasteiger partial charge is 0.455 e. The Morgan fingerprint density at radius 2 is 2.22 bits per heavy atom. The number of hydrogen-bond acceptors (Lipinski definition) is 5. The lowest BCUT2D eigenvalue weighted by Gasteiger charge is -2.07. The molecule has 0 aliphatic carbocycles. The van der Waals surface area contributed by atoms with Crippen LogP contribution in [-0.4, -0.2) is 41.1 Å². The molecule has 0 aliphatic rings. The lowest BCUT2D eigenvalue weighted by atomic mass is 10.3. The smallest absolute Gasteiger partial charge is 0.287 e. The van der Waals surface area contributed by atoms with Crippen molar-refractivity contribution in [3.63, 3.8) is 0 Å². The summed E-state index contributed by atoms with van der Waals surface area (Å²) in [6.07, 6.45) is -1.04. The van der Waals surface area contributed by atoms with E-state index < -0.39 is 24.4 Å². The summed E-state index contributed by atoms with van der Waals surface area (Å²) < 4.78 is 28.9. The van der Waals surface area contributed by atoms with Crippen LogP contribution in [0, 0.1) is 0 Å².